The molecule has 0 saturated carbocycles. The van der Waals surface area contributed by atoms with E-state index in [2.05, 4.69) is 11.8 Å². The maximum Gasteiger partial charge on any atom is 0.104 e. The van der Waals surface area contributed by atoms with Crippen LogP contribution in [-0.4, -0.2) is 23.2 Å². The second-order valence-corrected chi connectivity index (χ2v) is 3.19. The highest BCUT2D eigenvalue weighted by molar-refractivity contribution is 7.99. The van der Waals surface area contributed by atoms with Crippen LogP contribution in [0.3, 0.4) is 0 Å². The Hall–Kier alpha value is -0.130. The van der Waals surface area contributed by atoms with Crippen molar-refractivity contribution in [1.82, 2.24) is 0 Å². The van der Waals surface area contributed by atoms with Crippen molar-refractivity contribution in [2.24, 2.45) is 5.92 Å². The highest BCUT2D eigenvalue weighted by atomic mass is 32.2. The first-order valence-electron chi connectivity index (χ1n) is 3.10. The molecule has 1 atom stereocenters. The van der Waals surface area contributed by atoms with Gasteiger partial charge in [0.2, 0.25) is 0 Å². The van der Waals surface area contributed by atoms with E-state index in [0.29, 0.717) is 5.92 Å². The zero-order valence-electron chi connectivity index (χ0n) is 5.26. The molecule has 50 valence electrons. The Morgan fingerprint density at radius 1 is 1.67 bits per heavy atom. The minimum absolute atomic E-state index is 0.0150. The molecule has 1 unspecified atom stereocenters. The van der Waals surface area contributed by atoms with Gasteiger partial charge in [0, 0.05) is 11.7 Å². The smallest absolute Gasteiger partial charge is 0.104 e. The lowest BCUT2D eigenvalue weighted by Gasteiger charge is -1.92. The van der Waals surface area contributed by atoms with E-state index in [1.807, 2.05) is 11.8 Å². The number of thioether (sulfide) groups is 1. The van der Waals surface area contributed by atoms with Gasteiger partial charge in [-0.05, 0) is 12.2 Å². The fourth-order valence-electron chi connectivity index (χ4n) is 0.838. The molecule has 0 bridgehead atoms. The Morgan fingerprint density at radius 3 is 3.11 bits per heavy atom. The average Bonchev–Trinajstić information content (AvgIpc) is 2.34. The normalized spacial score (nSPS) is 25.2. The summed E-state index contributed by atoms with van der Waals surface area (Å²) >= 11 is 1.95. The maximum absolute atomic E-state index is 8.35. The summed E-state index contributed by atoms with van der Waals surface area (Å²) in [7, 11) is 0. The van der Waals surface area contributed by atoms with E-state index >= 15 is 0 Å². The molecule has 0 spiro atoms. The standard InChI is InChI=1S/C7H10OS/c8-4-1-2-7-3-5-9-6-7/h7-8H,3-6H2. The number of rotatable bonds is 0. The molecule has 0 amide bonds. The van der Waals surface area contributed by atoms with Crippen molar-refractivity contribution in [3.63, 3.8) is 0 Å². The molecular weight excluding hydrogens is 132 g/mol. The van der Waals surface area contributed by atoms with Gasteiger partial charge in [-0.3, -0.25) is 0 Å². The molecule has 1 nitrogen and oxygen atoms in total. The van der Waals surface area contributed by atoms with Crippen LogP contribution in [0.1, 0.15) is 6.42 Å². The molecule has 2 heteroatoms. The number of hydrogen-bond donors (Lipinski definition) is 1. The lowest BCUT2D eigenvalue weighted by molar-refractivity contribution is 0.350. The number of hydrogen-bond acceptors (Lipinski definition) is 2. The van der Waals surface area contributed by atoms with Gasteiger partial charge in [0.25, 0.3) is 0 Å². The summed E-state index contributed by atoms with van der Waals surface area (Å²) in [6, 6.07) is 0. The molecule has 1 heterocycles. The lowest BCUT2D eigenvalue weighted by Crippen LogP contribution is -1.92. The molecule has 1 aliphatic rings. The molecule has 1 saturated heterocycles. The van der Waals surface area contributed by atoms with Crippen molar-refractivity contribution in [3.8, 4) is 11.8 Å². The molecule has 0 radical (unpaired) electrons. The van der Waals surface area contributed by atoms with Gasteiger partial charge in [-0.25, -0.2) is 0 Å². The van der Waals surface area contributed by atoms with E-state index in [4.69, 9.17) is 5.11 Å². The number of aliphatic hydroxyl groups excluding tert-OH is 1. The van der Waals surface area contributed by atoms with Crippen LogP contribution in [0.2, 0.25) is 0 Å². The van der Waals surface area contributed by atoms with Crippen molar-refractivity contribution >= 4 is 11.8 Å². The average molecular weight is 142 g/mol. The minimum Gasteiger partial charge on any atom is -0.384 e. The van der Waals surface area contributed by atoms with Gasteiger partial charge >= 0.3 is 0 Å². The summed E-state index contributed by atoms with van der Waals surface area (Å²) in [4.78, 5) is 0. The molecular formula is C7H10OS. The van der Waals surface area contributed by atoms with Crippen LogP contribution in [0.5, 0.6) is 0 Å². The van der Waals surface area contributed by atoms with E-state index in [9.17, 15) is 0 Å². The highest BCUT2D eigenvalue weighted by Gasteiger charge is 2.11. The Morgan fingerprint density at radius 2 is 2.56 bits per heavy atom. The molecule has 0 aromatic heterocycles. The molecule has 1 rings (SSSR count). The van der Waals surface area contributed by atoms with Gasteiger partial charge in [0.15, 0.2) is 0 Å². The van der Waals surface area contributed by atoms with Gasteiger partial charge in [0.05, 0.1) is 0 Å². The van der Waals surface area contributed by atoms with E-state index in [1.54, 1.807) is 0 Å². The Kier molecular flexibility index (Phi) is 2.96. The minimum atomic E-state index is 0.0150. The van der Waals surface area contributed by atoms with Crippen molar-refractivity contribution in [2.45, 2.75) is 6.42 Å². The molecule has 1 fully saturated rings. The maximum atomic E-state index is 8.35. The van der Waals surface area contributed by atoms with Crippen LogP contribution in [0.25, 0.3) is 0 Å². The third kappa shape index (κ3) is 2.30. The molecule has 1 N–H and O–H groups in total. The van der Waals surface area contributed by atoms with Crippen LogP contribution < -0.4 is 0 Å². The second-order valence-electron chi connectivity index (χ2n) is 2.04. The summed E-state index contributed by atoms with van der Waals surface area (Å²) in [6.07, 6.45) is 1.21. The first-order chi connectivity index (χ1) is 4.43. The van der Waals surface area contributed by atoms with Crippen molar-refractivity contribution in [3.05, 3.63) is 0 Å². The summed E-state index contributed by atoms with van der Waals surface area (Å²) in [5.74, 6) is 8.65. The third-order valence-electron chi connectivity index (χ3n) is 1.31. The Labute approximate surface area is 59.8 Å². The summed E-state index contributed by atoms with van der Waals surface area (Å²) < 4.78 is 0. The fraction of sp³-hybridized carbons (Fsp3) is 0.714. The van der Waals surface area contributed by atoms with Gasteiger partial charge < -0.3 is 5.11 Å². The largest absolute Gasteiger partial charge is 0.384 e. The molecule has 9 heavy (non-hydrogen) atoms. The van der Waals surface area contributed by atoms with Crippen LogP contribution >= 0.6 is 11.8 Å². The zero-order chi connectivity index (χ0) is 6.53. The van der Waals surface area contributed by atoms with Crippen LogP contribution in [-0.2, 0) is 0 Å². The third-order valence-corrected chi connectivity index (χ3v) is 2.48. The predicted octanol–water partition coefficient (Wildman–Crippen LogP) is 0.735. The van der Waals surface area contributed by atoms with Gasteiger partial charge in [-0.15, -0.1) is 0 Å². The molecule has 0 aromatic rings. The quantitative estimate of drug-likeness (QED) is 0.503. The van der Waals surface area contributed by atoms with Gasteiger partial charge in [-0.1, -0.05) is 11.8 Å². The second kappa shape index (κ2) is 3.81. The van der Waals surface area contributed by atoms with E-state index in [0.717, 1.165) is 5.75 Å². The van der Waals surface area contributed by atoms with Crippen molar-refractivity contribution in [2.75, 3.05) is 18.1 Å². The van der Waals surface area contributed by atoms with E-state index < -0.39 is 0 Å². The molecule has 0 aromatic carbocycles. The molecule has 1 aliphatic heterocycles. The Balaban J connectivity index is 2.26. The SMILES string of the molecule is OCC#CC1CCSC1. The summed E-state index contributed by atoms with van der Waals surface area (Å²) in [5, 5.41) is 8.35. The van der Waals surface area contributed by atoms with Gasteiger partial charge in [-0.2, -0.15) is 11.8 Å². The van der Waals surface area contributed by atoms with E-state index in [1.165, 1.54) is 12.2 Å². The van der Waals surface area contributed by atoms with Crippen molar-refractivity contribution < 1.29 is 5.11 Å². The lowest BCUT2D eigenvalue weighted by atomic mass is 10.1. The highest BCUT2D eigenvalue weighted by Crippen LogP contribution is 2.22. The summed E-state index contributed by atoms with van der Waals surface area (Å²) in [5.41, 5.74) is 0. The first-order valence-corrected chi connectivity index (χ1v) is 4.26. The predicted molar refractivity (Wildman–Crippen MR) is 40.3 cm³/mol. The van der Waals surface area contributed by atoms with Crippen molar-refractivity contribution in [1.29, 1.82) is 0 Å². The Bertz CT molecular complexity index is 128. The topological polar surface area (TPSA) is 20.2 Å². The first kappa shape index (κ1) is 6.98. The van der Waals surface area contributed by atoms with E-state index in [-0.39, 0.29) is 6.61 Å². The van der Waals surface area contributed by atoms with Crippen LogP contribution in [0.4, 0.5) is 0 Å². The zero-order valence-corrected chi connectivity index (χ0v) is 6.08. The number of aliphatic hydroxyl groups is 1. The summed E-state index contributed by atoms with van der Waals surface area (Å²) in [6.45, 7) is 0.0150. The van der Waals surface area contributed by atoms with Crippen LogP contribution in [0.15, 0.2) is 0 Å². The monoisotopic (exact) mass is 142 g/mol. The van der Waals surface area contributed by atoms with Crippen LogP contribution in [0, 0.1) is 17.8 Å². The van der Waals surface area contributed by atoms with Gasteiger partial charge in [0.1, 0.15) is 6.61 Å². The molecule has 0 aliphatic carbocycles. The fourth-order valence-corrected chi connectivity index (χ4v) is 1.99.